The molecule has 0 bridgehead atoms. The van der Waals surface area contributed by atoms with Gasteiger partial charge in [-0.3, -0.25) is 15.1 Å². The maximum atomic E-state index is 13.1. The van der Waals surface area contributed by atoms with Gasteiger partial charge in [0, 0.05) is 42.7 Å². The van der Waals surface area contributed by atoms with Crippen molar-refractivity contribution >= 4 is 42.1 Å². The third kappa shape index (κ3) is 5.85. The number of pyridine rings is 1. The summed E-state index contributed by atoms with van der Waals surface area (Å²) < 4.78 is 26.1. The normalized spacial score (nSPS) is 18.1. The van der Waals surface area contributed by atoms with Crippen LogP contribution in [0.3, 0.4) is 0 Å². The third-order valence-corrected chi connectivity index (χ3v) is 4.50. The van der Waals surface area contributed by atoms with Gasteiger partial charge < -0.3 is 5.32 Å². The minimum absolute atomic E-state index is 0. The molecule has 0 aliphatic carbocycles. The van der Waals surface area contributed by atoms with Gasteiger partial charge in [0.1, 0.15) is 0 Å². The predicted octanol–water partition coefficient (Wildman–Crippen LogP) is 2.70. The highest BCUT2D eigenvalue weighted by Crippen LogP contribution is 2.25. The molecule has 0 saturated carbocycles. The second kappa shape index (κ2) is 9.38. The van der Waals surface area contributed by atoms with Crippen molar-refractivity contribution in [2.75, 3.05) is 13.1 Å². The van der Waals surface area contributed by atoms with Crippen LogP contribution >= 0.6 is 36.2 Å². The van der Waals surface area contributed by atoms with Gasteiger partial charge in [0.05, 0.1) is 23.3 Å². The Morgan fingerprint density at radius 1 is 1.36 bits per heavy atom. The molecule has 1 atom stereocenters. The fraction of sp³-hybridized carbons (Fsp3) is 0.400. The van der Waals surface area contributed by atoms with Gasteiger partial charge in [-0.05, 0) is 12.1 Å². The van der Waals surface area contributed by atoms with Crippen LogP contribution in [0.25, 0.3) is 11.3 Å². The molecule has 25 heavy (non-hydrogen) atoms. The number of thiazole rings is 1. The monoisotopic (exact) mass is 410 g/mol. The van der Waals surface area contributed by atoms with E-state index >= 15 is 0 Å². The Kier molecular flexibility index (Phi) is 8.14. The van der Waals surface area contributed by atoms with Crippen molar-refractivity contribution in [3.63, 3.8) is 0 Å². The Morgan fingerprint density at radius 3 is 2.72 bits per heavy atom. The van der Waals surface area contributed by atoms with Crippen LogP contribution in [0.2, 0.25) is 0 Å². The van der Waals surface area contributed by atoms with E-state index in [-0.39, 0.29) is 30.7 Å². The van der Waals surface area contributed by atoms with E-state index in [2.05, 4.69) is 20.6 Å². The maximum absolute atomic E-state index is 13.1. The van der Waals surface area contributed by atoms with Gasteiger partial charge in [-0.25, -0.2) is 13.8 Å². The second-order valence-corrected chi connectivity index (χ2v) is 6.34. The molecular formula is C15H18Cl2F2N4OS. The Morgan fingerprint density at radius 2 is 2.08 bits per heavy atom. The molecule has 3 rings (SSSR count). The summed E-state index contributed by atoms with van der Waals surface area (Å²) in [5.41, 5.74) is 1.86. The van der Waals surface area contributed by atoms with Gasteiger partial charge in [-0.1, -0.05) is 0 Å². The highest BCUT2D eigenvalue weighted by molar-refractivity contribution is 7.09. The van der Waals surface area contributed by atoms with E-state index in [9.17, 15) is 13.6 Å². The maximum Gasteiger partial charge on any atom is 0.262 e. The molecule has 3 heterocycles. The number of halogens is 4. The number of hydrogen-bond acceptors (Lipinski definition) is 5. The summed E-state index contributed by atoms with van der Waals surface area (Å²) in [4.78, 5) is 20.3. The molecule has 5 nitrogen and oxygen atoms in total. The van der Waals surface area contributed by atoms with Gasteiger partial charge in [-0.15, -0.1) is 36.2 Å². The molecule has 1 aliphatic heterocycles. The minimum atomic E-state index is -2.79. The molecule has 0 spiro atoms. The van der Waals surface area contributed by atoms with Crippen molar-refractivity contribution in [2.24, 2.45) is 0 Å². The van der Waals surface area contributed by atoms with Crippen molar-refractivity contribution in [1.82, 2.24) is 20.6 Å². The lowest BCUT2D eigenvalue weighted by Crippen LogP contribution is -2.41. The van der Waals surface area contributed by atoms with Gasteiger partial charge in [0.2, 0.25) is 5.91 Å². The van der Waals surface area contributed by atoms with E-state index in [1.165, 1.54) is 11.3 Å². The van der Waals surface area contributed by atoms with Crippen LogP contribution in [-0.4, -0.2) is 40.9 Å². The van der Waals surface area contributed by atoms with Crippen molar-refractivity contribution in [3.05, 3.63) is 34.9 Å². The van der Waals surface area contributed by atoms with E-state index in [0.29, 0.717) is 13.0 Å². The fourth-order valence-electron chi connectivity index (χ4n) is 2.40. The Labute approximate surface area is 160 Å². The number of nitrogens with zero attached hydrogens (tertiary/aromatic N) is 2. The number of nitrogens with one attached hydrogen (secondary N) is 2. The quantitative estimate of drug-likeness (QED) is 0.794. The zero-order valence-electron chi connectivity index (χ0n) is 13.1. The number of alkyl halides is 2. The topological polar surface area (TPSA) is 66.9 Å². The van der Waals surface area contributed by atoms with Gasteiger partial charge in [-0.2, -0.15) is 0 Å². The lowest BCUT2D eigenvalue weighted by Gasteiger charge is -2.10. The van der Waals surface area contributed by atoms with Crippen LogP contribution in [0.5, 0.6) is 0 Å². The largest absolute Gasteiger partial charge is 0.354 e. The van der Waals surface area contributed by atoms with Crippen LogP contribution in [0.15, 0.2) is 29.9 Å². The molecule has 2 aromatic heterocycles. The Balaban J connectivity index is 0.00000156. The summed E-state index contributed by atoms with van der Waals surface area (Å²) in [7, 11) is 0. The molecule has 10 heteroatoms. The molecule has 2 aromatic rings. The zero-order valence-corrected chi connectivity index (χ0v) is 15.5. The SMILES string of the molecule is Cl.Cl.O=C(NCCc1nc(-c2ccncc2)cs1)C1CC(F)(F)CN1. The first-order valence-electron chi connectivity index (χ1n) is 7.27. The van der Waals surface area contributed by atoms with E-state index in [1.807, 2.05) is 17.5 Å². The first kappa shape index (κ1) is 21.7. The number of amides is 1. The summed E-state index contributed by atoms with van der Waals surface area (Å²) in [6.07, 6.45) is 3.55. The molecule has 1 amide bonds. The first-order valence-corrected chi connectivity index (χ1v) is 8.15. The number of carbonyl (C=O) groups is 1. The standard InChI is InChI=1S/C15H16F2N4OS.2ClH/c16-15(17)7-11(20-9-15)14(22)19-6-3-13-21-12(8-23-13)10-1-4-18-5-2-10;;/h1-2,4-5,8,11,20H,3,6-7,9H2,(H,19,22);2*1H. The minimum Gasteiger partial charge on any atom is -0.354 e. The number of carbonyl (C=O) groups excluding carboxylic acids is 1. The second-order valence-electron chi connectivity index (χ2n) is 5.40. The molecule has 1 aliphatic rings. The van der Waals surface area contributed by atoms with Gasteiger partial charge in [0.25, 0.3) is 5.92 Å². The molecule has 0 aromatic carbocycles. The number of aromatic nitrogens is 2. The summed E-state index contributed by atoms with van der Waals surface area (Å²) in [6.45, 7) is -0.0568. The zero-order chi connectivity index (χ0) is 16.3. The molecule has 1 saturated heterocycles. The molecule has 1 fully saturated rings. The molecule has 138 valence electrons. The van der Waals surface area contributed by atoms with E-state index in [4.69, 9.17) is 0 Å². The van der Waals surface area contributed by atoms with Crippen LogP contribution in [-0.2, 0) is 11.2 Å². The highest BCUT2D eigenvalue weighted by atomic mass is 35.5. The van der Waals surface area contributed by atoms with Crippen LogP contribution < -0.4 is 10.6 Å². The smallest absolute Gasteiger partial charge is 0.262 e. The Hall–Kier alpha value is -1.35. The van der Waals surface area contributed by atoms with E-state index in [1.54, 1.807) is 12.4 Å². The summed E-state index contributed by atoms with van der Waals surface area (Å²) >= 11 is 1.51. The average Bonchev–Trinajstić information content (AvgIpc) is 3.14. The lowest BCUT2D eigenvalue weighted by atomic mass is 10.2. The van der Waals surface area contributed by atoms with E-state index < -0.39 is 24.9 Å². The van der Waals surface area contributed by atoms with Crippen molar-refractivity contribution < 1.29 is 13.6 Å². The van der Waals surface area contributed by atoms with Gasteiger partial charge in [0.15, 0.2) is 0 Å². The predicted molar refractivity (Wildman–Crippen MR) is 97.9 cm³/mol. The van der Waals surface area contributed by atoms with E-state index in [0.717, 1.165) is 16.3 Å². The molecule has 1 unspecified atom stereocenters. The summed E-state index contributed by atoms with van der Waals surface area (Å²) in [5.74, 6) is -3.18. The molecule has 0 radical (unpaired) electrons. The average molecular weight is 411 g/mol. The van der Waals surface area contributed by atoms with Crippen molar-refractivity contribution in [2.45, 2.75) is 24.8 Å². The van der Waals surface area contributed by atoms with Crippen LogP contribution in [0.4, 0.5) is 8.78 Å². The number of rotatable bonds is 5. The van der Waals surface area contributed by atoms with Crippen molar-refractivity contribution in [3.8, 4) is 11.3 Å². The third-order valence-electron chi connectivity index (χ3n) is 3.59. The lowest BCUT2D eigenvalue weighted by molar-refractivity contribution is -0.123. The number of hydrogen-bond donors (Lipinski definition) is 2. The van der Waals surface area contributed by atoms with Crippen LogP contribution in [0.1, 0.15) is 11.4 Å². The molecular weight excluding hydrogens is 393 g/mol. The highest BCUT2D eigenvalue weighted by Gasteiger charge is 2.42. The Bertz CT molecular complexity index is 687. The van der Waals surface area contributed by atoms with Gasteiger partial charge >= 0.3 is 0 Å². The summed E-state index contributed by atoms with van der Waals surface area (Å²) in [6, 6.07) is 2.95. The van der Waals surface area contributed by atoms with Crippen molar-refractivity contribution in [1.29, 1.82) is 0 Å². The fourth-order valence-corrected chi connectivity index (χ4v) is 3.21. The van der Waals surface area contributed by atoms with Crippen LogP contribution in [0, 0.1) is 0 Å². The molecule has 2 N–H and O–H groups in total. The summed E-state index contributed by atoms with van der Waals surface area (Å²) in [5, 5.41) is 8.06. The first-order chi connectivity index (χ1) is 11.0.